The third kappa shape index (κ3) is 3.19. The number of halogens is 1. The first-order valence-corrected chi connectivity index (χ1v) is 6.40. The molecular weight excluding hydrogens is 296 g/mol. The molecule has 0 radical (unpaired) electrons. The number of anilines is 2. The summed E-state index contributed by atoms with van der Waals surface area (Å²) < 4.78 is 5.17. The lowest BCUT2D eigenvalue weighted by Gasteiger charge is -2.10. The van der Waals surface area contributed by atoms with E-state index in [-0.39, 0.29) is 22.5 Å². The monoisotopic (exact) mass is 308 g/mol. The molecule has 0 aliphatic heterocycles. The summed E-state index contributed by atoms with van der Waals surface area (Å²) in [4.78, 5) is 18.3. The van der Waals surface area contributed by atoms with E-state index in [2.05, 4.69) is 15.3 Å². The molecule has 0 atom stereocenters. The van der Waals surface area contributed by atoms with Crippen LogP contribution in [0.15, 0.2) is 18.2 Å². The first-order valence-electron chi connectivity index (χ1n) is 6.02. The topological polar surface area (TPSA) is 90.2 Å². The molecule has 7 nitrogen and oxygen atoms in total. The molecule has 8 heteroatoms. The Labute approximate surface area is 126 Å². The predicted molar refractivity (Wildman–Crippen MR) is 79.4 cm³/mol. The van der Waals surface area contributed by atoms with Crippen LogP contribution in [-0.2, 0) is 0 Å². The van der Waals surface area contributed by atoms with Gasteiger partial charge in [-0.2, -0.15) is 4.98 Å². The summed E-state index contributed by atoms with van der Waals surface area (Å²) in [7, 11) is 1.58. The number of hydrogen-bond acceptors (Lipinski definition) is 6. The van der Waals surface area contributed by atoms with Crippen LogP contribution in [-0.4, -0.2) is 22.0 Å². The molecule has 0 spiro atoms. The van der Waals surface area contributed by atoms with Crippen molar-refractivity contribution in [3.8, 4) is 5.75 Å². The van der Waals surface area contributed by atoms with E-state index < -0.39 is 4.92 Å². The van der Waals surface area contributed by atoms with Gasteiger partial charge in [0, 0.05) is 5.69 Å². The molecule has 1 heterocycles. The second kappa shape index (κ2) is 5.92. The molecule has 0 bridgehead atoms. The molecule has 0 unspecified atom stereocenters. The van der Waals surface area contributed by atoms with Gasteiger partial charge in [-0.3, -0.25) is 10.1 Å². The van der Waals surface area contributed by atoms with Crippen LogP contribution in [0.4, 0.5) is 17.2 Å². The number of benzene rings is 1. The van der Waals surface area contributed by atoms with Gasteiger partial charge >= 0.3 is 5.69 Å². The molecule has 1 aromatic heterocycles. The minimum absolute atomic E-state index is 0.0502. The Bertz CT molecular complexity index is 706. The second-order valence-corrected chi connectivity index (χ2v) is 4.68. The molecular formula is C13H13ClN4O3. The summed E-state index contributed by atoms with van der Waals surface area (Å²) in [5.41, 5.74) is 1.54. The molecule has 0 amide bonds. The Morgan fingerprint density at radius 2 is 2.05 bits per heavy atom. The third-order valence-electron chi connectivity index (χ3n) is 2.87. The summed E-state index contributed by atoms with van der Waals surface area (Å²) in [6.07, 6.45) is 0. The van der Waals surface area contributed by atoms with Gasteiger partial charge < -0.3 is 10.1 Å². The number of nitrogens with zero attached hydrogens (tertiary/aromatic N) is 3. The van der Waals surface area contributed by atoms with Crippen molar-refractivity contribution in [2.75, 3.05) is 12.4 Å². The van der Waals surface area contributed by atoms with Gasteiger partial charge in [0.2, 0.25) is 11.1 Å². The zero-order chi connectivity index (χ0) is 15.6. The summed E-state index contributed by atoms with van der Waals surface area (Å²) in [5.74, 6) is 0.786. The summed E-state index contributed by atoms with van der Waals surface area (Å²) in [5, 5.41) is 14.0. The lowest BCUT2D eigenvalue weighted by molar-refractivity contribution is -0.385. The summed E-state index contributed by atoms with van der Waals surface area (Å²) in [6, 6.07) is 5.30. The maximum atomic E-state index is 11.1. The molecule has 2 aromatic rings. The van der Waals surface area contributed by atoms with E-state index in [0.717, 1.165) is 11.3 Å². The molecule has 21 heavy (non-hydrogen) atoms. The standard InChI is InChI=1S/C13H13ClN4O3/c1-7-6-9(4-5-10(7)21-3)16-12-11(18(19)20)8(2)15-13(14)17-12/h4-6H,1-3H3,(H,15,16,17). The van der Waals surface area contributed by atoms with Crippen molar-refractivity contribution in [2.24, 2.45) is 0 Å². The Morgan fingerprint density at radius 1 is 1.33 bits per heavy atom. The van der Waals surface area contributed by atoms with Crippen LogP contribution >= 0.6 is 11.6 Å². The van der Waals surface area contributed by atoms with Crippen molar-refractivity contribution in [1.29, 1.82) is 0 Å². The second-order valence-electron chi connectivity index (χ2n) is 4.34. The van der Waals surface area contributed by atoms with E-state index in [1.54, 1.807) is 25.3 Å². The fourth-order valence-corrected chi connectivity index (χ4v) is 2.14. The summed E-state index contributed by atoms with van der Waals surface area (Å²) >= 11 is 5.77. The average molecular weight is 309 g/mol. The minimum atomic E-state index is -0.537. The highest BCUT2D eigenvalue weighted by molar-refractivity contribution is 6.28. The van der Waals surface area contributed by atoms with Crippen molar-refractivity contribution >= 4 is 28.8 Å². The highest BCUT2D eigenvalue weighted by atomic mass is 35.5. The normalized spacial score (nSPS) is 10.3. The van der Waals surface area contributed by atoms with E-state index in [9.17, 15) is 10.1 Å². The van der Waals surface area contributed by atoms with Crippen LogP contribution < -0.4 is 10.1 Å². The van der Waals surface area contributed by atoms with Crippen LogP contribution in [0.3, 0.4) is 0 Å². The average Bonchev–Trinajstić information content (AvgIpc) is 2.37. The van der Waals surface area contributed by atoms with Gasteiger partial charge in [-0.25, -0.2) is 4.98 Å². The Kier molecular flexibility index (Phi) is 4.23. The molecule has 0 aliphatic carbocycles. The van der Waals surface area contributed by atoms with Crippen molar-refractivity contribution in [3.63, 3.8) is 0 Å². The molecule has 0 fully saturated rings. The van der Waals surface area contributed by atoms with Gasteiger partial charge in [0.25, 0.3) is 0 Å². The molecule has 1 N–H and O–H groups in total. The lowest BCUT2D eigenvalue weighted by atomic mass is 10.2. The van der Waals surface area contributed by atoms with Crippen LogP contribution in [0.25, 0.3) is 0 Å². The van der Waals surface area contributed by atoms with E-state index in [1.165, 1.54) is 6.92 Å². The maximum Gasteiger partial charge on any atom is 0.332 e. The molecule has 2 rings (SSSR count). The fourth-order valence-electron chi connectivity index (χ4n) is 1.93. The number of ether oxygens (including phenoxy) is 1. The maximum absolute atomic E-state index is 11.1. The van der Waals surface area contributed by atoms with Crippen LogP contribution in [0.1, 0.15) is 11.3 Å². The van der Waals surface area contributed by atoms with Crippen LogP contribution in [0.5, 0.6) is 5.75 Å². The number of rotatable bonds is 4. The minimum Gasteiger partial charge on any atom is -0.496 e. The van der Waals surface area contributed by atoms with Gasteiger partial charge in [0.1, 0.15) is 11.4 Å². The van der Waals surface area contributed by atoms with Crippen LogP contribution in [0, 0.1) is 24.0 Å². The number of hydrogen-bond donors (Lipinski definition) is 1. The van der Waals surface area contributed by atoms with Crippen LogP contribution in [0.2, 0.25) is 5.28 Å². The van der Waals surface area contributed by atoms with Crippen molar-refractivity contribution in [1.82, 2.24) is 9.97 Å². The molecule has 1 aromatic carbocycles. The van der Waals surface area contributed by atoms with E-state index in [0.29, 0.717) is 5.69 Å². The predicted octanol–water partition coefficient (Wildman–Crippen LogP) is 3.41. The fraction of sp³-hybridized carbons (Fsp3) is 0.231. The highest BCUT2D eigenvalue weighted by Gasteiger charge is 2.21. The van der Waals surface area contributed by atoms with E-state index in [1.807, 2.05) is 6.92 Å². The van der Waals surface area contributed by atoms with Gasteiger partial charge in [0.15, 0.2) is 0 Å². The number of aryl methyl sites for hydroxylation is 2. The largest absolute Gasteiger partial charge is 0.496 e. The molecule has 0 saturated heterocycles. The van der Waals surface area contributed by atoms with Gasteiger partial charge in [-0.1, -0.05) is 0 Å². The van der Waals surface area contributed by atoms with Crippen molar-refractivity contribution < 1.29 is 9.66 Å². The summed E-state index contributed by atoms with van der Waals surface area (Å²) in [6.45, 7) is 3.38. The Hall–Kier alpha value is -2.41. The van der Waals surface area contributed by atoms with Gasteiger partial charge in [-0.15, -0.1) is 0 Å². The highest BCUT2D eigenvalue weighted by Crippen LogP contribution is 2.30. The Morgan fingerprint density at radius 3 is 2.62 bits per heavy atom. The number of nitro groups is 1. The first kappa shape index (κ1) is 15.0. The van der Waals surface area contributed by atoms with Crippen molar-refractivity contribution in [2.45, 2.75) is 13.8 Å². The smallest absolute Gasteiger partial charge is 0.332 e. The third-order valence-corrected chi connectivity index (χ3v) is 3.04. The lowest BCUT2D eigenvalue weighted by Crippen LogP contribution is -2.04. The van der Waals surface area contributed by atoms with E-state index >= 15 is 0 Å². The number of nitrogens with one attached hydrogen (secondary N) is 1. The molecule has 0 saturated carbocycles. The zero-order valence-corrected chi connectivity index (χ0v) is 12.4. The van der Waals surface area contributed by atoms with E-state index in [4.69, 9.17) is 16.3 Å². The Balaban J connectivity index is 2.44. The first-order chi connectivity index (χ1) is 9.92. The van der Waals surface area contributed by atoms with Gasteiger partial charge in [0.05, 0.1) is 12.0 Å². The zero-order valence-electron chi connectivity index (χ0n) is 11.7. The number of methoxy groups -OCH3 is 1. The molecule has 110 valence electrons. The van der Waals surface area contributed by atoms with Gasteiger partial charge in [-0.05, 0) is 49.2 Å². The SMILES string of the molecule is COc1ccc(Nc2nc(Cl)nc(C)c2[N+](=O)[O-])cc1C. The van der Waals surface area contributed by atoms with Crippen molar-refractivity contribution in [3.05, 3.63) is 44.9 Å². The quantitative estimate of drug-likeness (QED) is 0.529. The number of aromatic nitrogens is 2. The molecule has 0 aliphatic rings.